The third kappa shape index (κ3) is 6.48. The number of benzene rings is 3. The van der Waals surface area contributed by atoms with Crippen LogP contribution in [0.25, 0.3) is 11.0 Å². The number of para-hydroxylation sites is 1. The second-order valence-electron chi connectivity index (χ2n) is 11.9. The van der Waals surface area contributed by atoms with Gasteiger partial charge in [0.1, 0.15) is 11.6 Å². The fourth-order valence-electron chi connectivity index (χ4n) is 6.36. The molecule has 7 rings (SSSR count). The van der Waals surface area contributed by atoms with Crippen LogP contribution in [0.15, 0.2) is 75.9 Å². The number of anilines is 1. The van der Waals surface area contributed by atoms with E-state index >= 15 is 0 Å². The van der Waals surface area contributed by atoms with Gasteiger partial charge in [0.15, 0.2) is 22.7 Å². The van der Waals surface area contributed by atoms with E-state index in [1.807, 2.05) is 29.2 Å². The van der Waals surface area contributed by atoms with Crippen LogP contribution in [-0.4, -0.2) is 73.1 Å². The second kappa shape index (κ2) is 13.0. The van der Waals surface area contributed by atoms with Crippen LogP contribution in [0.3, 0.4) is 0 Å². The first-order valence-electron chi connectivity index (χ1n) is 15.6. The number of ether oxygens (including phenoxy) is 2. The van der Waals surface area contributed by atoms with E-state index < -0.39 is 17.4 Å². The minimum absolute atomic E-state index is 0.0298. The molecule has 3 amide bonds. The average molecular weight is 657 g/mol. The van der Waals surface area contributed by atoms with Crippen molar-refractivity contribution in [1.29, 1.82) is 0 Å². The summed E-state index contributed by atoms with van der Waals surface area (Å²) in [7, 11) is 0. The van der Waals surface area contributed by atoms with E-state index in [0.717, 1.165) is 35.8 Å². The lowest BCUT2D eigenvalue weighted by molar-refractivity contribution is -0.133. The van der Waals surface area contributed by atoms with Crippen LogP contribution in [0.1, 0.15) is 34.5 Å². The smallest absolute Gasteiger partial charge is 0.287 e. The zero-order chi connectivity index (χ0) is 32.5. The number of fused-ring (bicyclic) bond motifs is 2. The van der Waals surface area contributed by atoms with Crippen molar-refractivity contribution in [2.45, 2.75) is 31.8 Å². The third-order valence-corrected chi connectivity index (χ3v) is 9.11. The molecule has 47 heavy (non-hydrogen) atoms. The molecule has 3 aliphatic heterocycles. The highest BCUT2D eigenvalue weighted by atomic mass is 35.5. The molecule has 0 unspecified atom stereocenters. The Hall–Kier alpha value is -5.03. The van der Waals surface area contributed by atoms with Crippen molar-refractivity contribution in [2.24, 2.45) is 0 Å². The molecule has 0 bridgehead atoms. The van der Waals surface area contributed by atoms with Gasteiger partial charge in [0.25, 0.3) is 5.91 Å². The average Bonchev–Trinajstić information content (AvgIpc) is 3.72. The maximum Gasteiger partial charge on any atom is 0.287 e. The zero-order valence-corrected chi connectivity index (χ0v) is 26.3. The number of carbonyl (C=O) groups is 3. The normalized spacial score (nSPS) is 16.5. The van der Waals surface area contributed by atoms with Crippen LogP contribution in [0.5, 0.6) is 11.5 Å². The largest absolute Gasteiger partial charge is 0.454 e. The number of rotatable bonds is 8. The molecule has 2 fully saturated rings. The van der Waals surface area contributed by atoms with Gasteiger partial charge in [-0.05, 0) is 41.8 Å². The van der Waals surface area contributed by atoms with Gasteiger partial charge in [-0.1, -0.05) is 41.9 Å². The van der Waals surface area contributed by atoms with Crippen LogP contribution in [0.2, 0.25) is 5.02 Å². The van der Waals surface area contributed by atoms with E-state index in [4.69, 9.17) is 25.5 Å². The van der Waals surface area contributed by atoms with Gasteiger partial charge in [-0.25, -0.2) is 0 Å². The van der Waals surface area contributed by atoms with E-state index in [1.54, 1.807) is 17.0 Å². The molecule has 0 spiro atoms. The number of likely N-dealkylation sites (tertiary alicyclic amines) is 1. The maximum atomic E-state index is 14.0. The lowest BCUT2D eigenvalue weighted by Gasteiger charge is -2.38. The summed E-state index contributed by atoms with van der Waals surface area (Å²) in [5, 5.41) is 3.65. The van der Waals surface area contributed by atoms with Crippen LogP contribution >= 0.6 is 11.6 Å². The van der Waals surface area contributed by atoms with E-state index in [1.165, 1.54) is 12.1 Å². The second-order valence-corrected chi connectivity index (χ2v) is 12.3. The highest BCUT2D eigenvalue weighted by Gasteiger charge is 2.31. The predicted octanol–water partition coefficient (Wildman–Crippen LogP) is 3.99. The minimum Gasteiger partial charge on any atom is -0.454 e. The summed E-state index contributed by atoms with van der Waals surface area (Å²) in [6.45, 7) is 3.44. The molecule has 0 radical (unpaired) electrons. The number of piperazine rings is 1. The Morgan fingerprint density at radius 3 is 2.38 bits per heavy atom. The Kier molecular flexibility index (Phi) is 8.46. The van der Waals surface area contributed by atoms with Gasteiger partial charge >= 0.3 is 0 Å². The van der Waals surface area contributed by atoms with E-state index in [2.05, 4.69) is 22.3 Å². The molecule has 12 heteroatoms. The molecular weight excluding hydrogens is 624 g/mol. The number of nitrogens with zero attached hydrogens (tertiary/aromatic N) is 3. The third-order valence-electron chi connectivity index (χ3n) is 8.86. The van der Waals surface area contributed by atoms with Gasteiger partial charge < -0.3 is 33.9 Å². The van der Waals surface area contributed by atoms with Crippen molar-refractivity contribution >= 4 is 46.0 Å². The summed E-state index contributed by atoms with van der Waals surface area (Å²) in [6.07, 6.45) is 1.69. The van der Waals surface area contributed by atoms with E-state index in [9.17, 15) is 19.2 Å². The van der Waals surface area contributed by atoms with Crippen LogP contribution in [-0.2, 0) is 22.6 Å². The Bertz CT molecular complexity index is 1900. The Morgan fingerprint density at radius 1 is 0.894 bits per heavy atom. The van der Waals surface area contributed by atoms with Crippen LogP contribution in [0, 0.1) is 0 Å². The molecular formula is C35H33ClN4O7. The molecule has 242 valence electrons. The Morgan fingerprint density at radius 2 is 1.64 bits per heavy atom. The van der Waals surface area contributed by atoms with Gasteiger partial charge in [-0.2, -0.15) is 0 Å². The van der Waals surface area contributed by atoms with Gasteiger partial charge in [0.05, 0.1) is 5.39 Å². The lowest BCUT2D eigenvalue weighted by atomic mass is 10.0. The summed E-state index contributed by atoms with van der Waals surface area (Å²) in [5.74, 6) is -0.109. The molecule has 0 saturated carbocycles. The van der Waals surface area contributed by atoms with Crippen molar-refractivity contribution in [3.05, 3.63) is 98.9 Å². The first kappa shape index (κ1) is 30.6. The SMILES string of the molecule is O=C(N[C@H](Cc1ccc(Cl)cc1)C(=O)N1CCN(c2ccccc2CN2CCCC2=O)CC1)c1cc(=O)c2cc3c(cc2o1)OCO3. The molecule has 3 aromatic carbocycles. The van der Waals surface area contributed by atoms with Gasteiger partial charge in [0, 0.05) is 75.0 Å². The summed E-state index contributed by atoms with van der Waals surface area (Å²) >= 11 is 6.10. The molecule has 4 heterocycles. The van der Waals surface area contributed by atoms with Gasteiger partial charge in [-0.3, -0.25) is 19.2 Å². The molecule has 1 aromatic heterocycles. The van der Waals surface area contributed by atoms with Crippen LogP contribution in [0.4, 0.5) is 5.69 Å². The quantitative estimate of drug-likeness (QED) is 0.302. The number of hydrogen-bond donors (Lipinski definition) is 1. The van der Waals surface area contributed by atoms with E-state index in [0.29, 0.717) is 55.7 Å². The molecule has 11 nitrogen and oxygen atoms in total. The van der Waals surface area contributed by atoms with E-state index in [-0.39, 0.29) is 41.8 Å². The summed E-state index contributed by atoms with van der Waals surface area (Å²) < 4.78 is 16.6. The number of halogens is 1. The molecule has 3 aliphatic rings. The monoisotopic (exact) mass is 656 g/mol. The topological polar surface area (TPSA) is 122 Å². The minimum atomic E-state index is -0.929. The number of carbonyl (C=O) groups excluding carboxylic acids is 3. The number of nitrogens with one attached hydrogen (secondary N) is 1. The fraction of sp³-hybridized carbons (Fsp3) is 0.314. The van der Waals surface area contributed by atoms with Crippen molar-refractivity contribution < 1.29 is 28.3 Å². The standard InChI is InChI=1S/C35H33ClN4O7/c36-24-9-7-22(8-10-24)16-26(37-34(43)32-18-28(41)25-17-30-31(46-21-45-30)19-29(25)47-32)35(44)39-14-12-38(13-15-39)27-5-2-1-4-23(27)20-40-11-3-6-33(40)42/h1-2,4-5,7-10,17-19,26H,3,6,11-16,20-21H2,(H,37,43)/t26-/m1/s1. The summed E-state index contributed by atoms with van der Waals surface area (Å²) in [4.78, 5) is 58.6. The molecule has 1 atom stereocenters. The molecule has 2 saturated heterocycles. The number of amides is 3. The first-order chi connectivity index (χ1) is 22.8. The zero-order valence-electron chi connectivity index (χ0n) is 25.6. The Balaban J connectivity index is 1.08. The summed E-state index contributed by atoms with van der Waals surface area (Å²) in [6, 6.07) is 18.4. The van der Waals surface area contributed by atoms with Crippen LogP contribution < -0.4 is 25.1 Å². The maximum absolute atomic E-state index is 14.0. The lowest BCUT2D eigenvalue weighted by Crippen LogP contribution is -2.55. The highest BCUT2D eigenvalue weighted by molar-refractivity contribution is 6.30. The van der Waals surface area contributed by atoms with Crippen molar-refractivity contribution in [3.8, 4) is 11.5 Å². The Labute approximate surface area is 275 Å². The van der Waals surface area contributed by atoms with Gasteiger partial charge in [0.2, 0.25) is 18.6 Å². The molecule has 0 aliphatic carbocycles. The van der Waals surface area contributed by atoms with Crippen molar-refractivity contribution in [2.75, 3.05) is 44.4 Å². The first-order valence-corrected chi connectivity index (χ1v) is 16.0. The fourth-order valence-corrected chi connectivity index (χ4v) is 6.49. The number of hydrogen-bond acceptors (Lipinski definition) is 8. The molecule has 4 aromatic rings. The van der Waals surface area contributed by atoms with Crippen molar-refractivity contribution in [1.82, 2.24) is 15.1 Å². The highest BCUT2D eigenvalue weighted by Crippen LogP contribution is 2.35. The predicted molar refractivity (Wildman–Crippen MR) is 175 cm³/mol. The van der Waals surface area contributed by atoms with Crippen molar-refractivity contribution in [3.63, 3.8) is 0 Å². The van der Waals surface area contributed by atoms with Gasteiger partial charge in [-0.15, -0.1) is 0 Å². The molecule has 1 N–H and O–H groups in total. The summed E-state index contributed by atoms with van der Waals surface area (Å²) in [5.41, 5.74) is 2.71.